The second-order valence-electron chi connectivity index (χ2n) is 4.36. The molecule has 6 heteroatoms. The smallest absolute Gasteiger partial charge is 0.213 e. The Morgan fingerprint density at radius 2 is 2.15 bits per heavy atom. The summed E-state index contributed by atoms with van der Waals surface area (Å²) in [4.78, 5) is 4.23. The minimum absolute atomic E-state index is 0.627. The highest BCUT2D eigenvalue weighted by Crippen LogP contribution is 2.22. The van der Waals surface area contributed by atoms with Crippen molar-refractivity contribution in [2.45, 2.75) is 26.8 Å². The fourth-order valence-corrected chi connectivity index (χ4v) is 2.67. The van der Waals surface area contributed by atoms with Gasteiger partial charge in [0.05, 0.1) is 40.9 Å². The minimum atomic E-state index is 0.627. The molecule has 0 unspecified atom stereocenters. The molecule has 2 aromatic heterocycles. The minimum Gasteiger partial charge on any atom is -0.478 e. The molecule has 2 rings (SSSR count). The molecule has 108 valence electrons. The van der Waals surface area contributed by atoms with Gasteiger partial charge in [0.1, 0.15) is 0 Å². The number of aryl methyl sites for hydroxylation is 2. The number of pyridine rings is 1. The van der Waals surface area contributed by atoms with E-state index in [4.69, 9.17) is 4.74 Å². The maximum absolute atomic E-state index is 5.32. The number of nitrogens with zero attached hydrogens (tertiary/aromatic N) is 3. The third kappa shape index (κ3) is 3.30. The van der Waals surface area contributed by atoms with Crippen LogP contribution in [0.1, 0.15) is 25.2 Å². The van der Waals surface area contributed by atoms with Crippen molar-refractivity contribution < 1.29 is 4.74 Å². The molecule has 0 fully saturated rings. The highest BCUT2D eigenvalue weighted by molar-refractivity contribution is 9.10. The second-order valence-corrected chi connectivity index (χ2v) is 5.15. The zero-order valence-electron chi connectivity index (χ0n) is 12.0. The summed E-state index contributed by atoms with van der Waals surface area (Å²) in [6.45, 7) is 5.36. The molecule has 2 aromatic rings. The van der Waals surface area contributed by atoms with E-state index in [1.807, 2.05) is 30.8 Å². The zero-order chi connectivity index (χ0) is 14.5. The van der Waals surface area contributed by atoms with Crippen LogP contribution in [0, 0.1) is 0 Å². The Morgan fingerprint density at radius 3 is 2.70 bits per heavy atom. The van der Waals surface area contributed by atoms with Crippen molar-refractivity contribution in [1.82, 2.24) is 14.8 Å². The van der Waals surface area contributed by atoms with E-state index < -0.39 is 0 Å². The maximum Gasteiger partial charge on any atom is 0.213 e. The lowest BCUT2D eigenvalue weighted by molar-refractivity contribution is 0.327. The molecule has 2 heterocycles. The van der Waals surface area contributed by atoms with Gasteiger partial charge < -0.3 is 10.1 Å². The van der Waals surface area contributed by atoms with Gasteiger partial charge in [0.25, 0.3) is 0 Å². The van der Waals surface area contributed by atoms with E-state index in [1.165, 1.54) is 0 Å². The lowest BCUT2D eigenvalue weighted by Gasteiger charge is -2.08. The van der Waals surface area contributed by atoms with E-state index in [2.05, 4.69) is 38.3 Å². The molecule has 0 saturated heterocycles. The quantitative estimate of drug-likeness (QED) is 0.878. The first-order valence-electron chi connectivity index (χ1n) is 6.68. The Hall–Kier alpha value is -1.56. The summed E-state index contributed by atoms with van der Waals surface area (Å²) in [5.74, 6) is 0.646. The highest BCUT2D eigenvalue weighted by atomic mass is 79.9. The first-order chi connectivity index (χ1) is 9.65. The van der Waals surface area contributed by atoms with Gasteiger partial charge in [-0.15, -0.1) is 0 Å². The van der Waals surface area contributed by atoms with Crippen molar-refractivity contribution in [3.63, 3.8) is 0 Å². The molecular weight excluding hydrogens is 320 g/mol. The largest absolute Gasteiger partial charge is 0.478 e. The van der Waals surface area contributed by atoms with E-state index in [-0.39, 0.29) is 0 Å². The molecule has 5 nitrogen and oxygen atoms in total. The zero-order valence-corrected chi connectivity index (χ0v) is 13.6. The van der Waals surface area contributed by atoms with Gasteiger partial charge in [-0.05, 0) is 35.3 Å². The first kappa shape index (κ1) is 14.8. The molecule has 0 aliphatic rings. The van der Waals surface area contributed by atoms with Crippen LogP contribution in [0.25, 0.3) is 0 Å². The van der Waals surface area contributed by atoms with Crippen LogP contribution in [0.15, 0.2) is 22.8 Å². The van der Waals surface area contributed by atoms with Gasteiger partial charge in [0, 0.05) is 13.1 Å². The van der Waals surface area contributed by atoms with Crippen LogP contribution in [0.5, 0.6) is 5.88 Å². The molecule has 1 N–H and O–H groups in total. The summed E-state index contributed by atoms with van der Waals surface area (Å²) in [7, 11) is 1.96. The van der Waals surface area contributed by atoms with Crippen molar-refractivity contribution >= 4 is 21.6 Å². The van der Waals surface area contributed by atoms with Gasteiger partial charge in [0.2, 0.25) is 5.88 Å². The van der Waals surface area contributed by atoms with Gasteiger partial charge in [0.15, 0.2) is 0 Å². The Bertz CT molecular complexity index is 565. The molecule has 0 aliphatic carbocycles. The Labute approximate surface area is 127 Å². The van der Waals surface area contributed by atoms with Crippen LogP contribution in [0.3, 0.4) is 0 Å². The summed E-state index contributed by atoms with van der Waals surface area (Å²) in [6, 6.07) is 3.82. The Balaban J connectivity index is 2.03. The number of nitrogens with one attached hydrogen (secondary N) is 1. The van der Waals surface area contributed by atoms with E-state index in [0.717, 1.165) is 28.0 Å². The highest BCUT2D eigenvalue weighted by Gasteiger charge is 2.11. The lowest BCUT2D eigenvalue weighted by atomic mass is 10.3. The molecule has 0 aromatic carbocycles. The van der Waals surface area contributed by atoms with Gasteiger partial charge in [-0.3, -0.25) is 4.68 Å². The summed E-state index contributed by atoms with van der Waals surface area (Å²) < 4.78 is 8.30. The number of halogens is 1. The van der Waals surface area contributed by atoms with Gasteiger partial charge in [-0.2, -0.15) is 5.10 Å². The lowest BCUT2D eigenvalue weighted by Crippen LogP contribution is -2.06. The predicted octanol–water partition coefficient (Wildman–Crippen LogP) is 3.15. The van der Waals surface area contributed by atoms with Crippen LogP contribution in [-0.2, 0) is 20.0 Å². The SMILES string of the molecule is CCOc1ccc(NCc2c(Br)c(CC)nn2C)cn1. The molecule has 0 aliphatic heterocycles. The van der Waals surface area contributed by atoms with E-state index in [0.29, 0.717) is 19.0 Å². The van der Waals surface area contributed by atoms with E-state index >= 15 is 0 Å². The van der Waals surface area contributed by atoms with Gasteiger partial charge >= 0.3 is 0 Å². The third-order valence-corrected chi connectivity index (χ3v) is 3.91. The summed E-state index contributed by atoms with van der Waals surface area (Å²) >= 11 is 3.61. The van der Waals surface area contributed by atoms with Crippen molar-refractivity contribution in [1.29, 1.82) is 0 Å². The number of anilines is 1. The van der Waals surface area contributed by atoms with Gasteiger partial charge in [-0.25, -0.2) is 4.98 Å². The molecule has 0 radical (unpaired) electrons. The average molecular weight is 339 g/mol. The number of aromatic nitrogens is 3. The third-order valence-electron chi connectivity index (χ3n) is 2.99. The molecule has 0 saturated carbocycles. The van der Waals surface area contributed by atoms with Crippen LogP contribution in [-0.4, -0.2) is 21.4 Å². The fourth-order valence-electron chi connectivity index (χ4n) is 1.92. The molecular formula is C14H19BrN4O. The molecule has 0 bridgehead atoms. The molecule has 20 heavy (non-hydrogen) atoms. The summed E-state index contributed by atoms with van der Waals surface area (Å²) in [5, 5.41) is 7.81. The van der Waals surface area contributed by atoms with Crippen LogP contribution >= 0.6 is 15.9 Å². The maximum atomic E-state index is 5.32. The molecule has 0 spiro atoms. The Kier molecular flexibility index (Phi) is 5.00. The van der Waals surface area contributed by atoms with Crippen molar-refractivity contribution in [2.24, 2.45) is 7.05 Å². The van der Waals surface area contributed by atoms with Crippen LogP contribution < -0.4 is 10.1 Å². The summed E-state index contributed by atoms with van der Waals surface area (Å²) in [5.41, 5.74) is 3.16. The fraction of sp³-hybridized carbons (Fsp3) is 0.429. The number of hydrogen-bond acceptors (Lipinski definition) is 4. The number of rotatable bonds is 6. The monoisotopic (exact) mass is 338 g/mol. The van der Waals surface area contributed by atoms with Gasteiger partial charge in [-0.1, -0.05) is 6.92 Å². The topological polar surface area (TPSA) is 52.0 Å². The number of ether oxygens (including phenoxy) is 1. The molecule has 0 atom stereocenters. The van der Waals surface area contributed by atoms with Crippen molar-refractivity contribution in [3.8, 4) is 5.88 Å². The predicted molar refractivity (Wildman–Crippen MR) is 83.0 cm³/mol. The van der Waals surface area contributed by atoms with Crippen molar-refractivity contribution in [2.75, 3.05) is 11.9 Å². The average Bonchev–Trinajstić information content (AvgIpc) is 2.73. The second kappa shape index (κ2) is 6.74. The summed E-state index contributed by atoms with van der Waals surface area (Å²) in [6.07, 6.45) is 2.69. The van der Waals surface area contributed by atoms with Crippen molar-refractivity contribution in [3.05, 3.63) is 34.2 Å². The standard InChI is InChI=1S/C14H19BrN4O/c1-4-11-14(15)12(19(3)18-11)9-16-10-6-7-13(17-8-10)20-5-2/h6-8,16H,4-5,9H2,1-3H3. The van der Waals surface area contributed by atoms with E-state index in [9.17, 15) is 0 Å². The molecule has 0 amide bonds. The normalized spacial score (nSPS) is 10.6. The van der Waals surface area contributed by atoms with Crippen LogP contribution in [0.2, 0.25) is 0 Å². The first-order valence-corrected chi connectivity index (χ1v) is 7.48. The van der Waals surface area contributed by atoms with E-state index in [1.54, 1.807) is 6.20 Å². The Morgan fingerprint density at radius 1 is 1.35 bits per heavy atom. The van der Waals surface area contributed by atoms with Crippen LogP contribution in [0.4, 0.5) is 5.69 Å². The number of hydrogen-bond donors (Lipinski definition) is 1.